The van der Waals surface area contributed by atoms with E-state index in [0.717, 1.165) is 30.6 Å². The van der Waals surface area contributed by atoms with Gasteiger partial charge in [-0.05, 0) is 18.1 Å². The van der Waals surface area contributed by atoms with Crippen LogP contribution in [0.2, 0.25) is 0 Å². The minimum Gasteiger partial charge on any atom is -0.356 e. The van der Waals surface area contributed by atoms with Crippen molar-refractivity contribution in [2.75, 3.05) is 12.4 Å². The lowest BCUT2D eigenvalue weighted by Crippen LogP contribution is -2.21. The normalized spacial score (nSPS) is 16.1. The molecule has 1 aromatic heterocycles. The molecule has 1 aliphatic rings. The molecule has 1 amide bonds. The van der Waals surface area contributed by atoms with Crippen molar-refractivity contribution in [1.29, 1.82) is 0 Å². The number of nitrogens with one attached hydrogen (secondary N) is 1. The molecule has 1 aromatic rings. The summed E-state index contributed by atoms with van der Waals surface area (Å²) in [4.78, 5) is 11.7. The number of rotatable bonds is 0. The molecule has 6 nitrogen and oxygen atoms in total. The van der Waals surface area contributed by atoms with Crippen molar-refractivity contribution in [3.63, 3.8) is 0 Å². The number of carbonyl (C=O) groups excluding carboxylic acids is 1. The highest BCUT2D eigenvalue weighted by Gasteiger charge is 2.03. The first-order valence-corrected chi connectivity index (χ1v) is 4.67. The quantitative estimate of drug-likeness (QED) is 0.557. The SMILES string of the molecule is Nn1ccnn1.O=C1CCCCCN1. The Hall–Kier alpha value is -1.59. The zero-order chi connectivity index (χ0) is 10.2. The van der Waals surface area contributed by atoms with Gasteiger partial charge in [0.05, 0.1) is 12.4 Å². The standard InChI is InChI=1S/C6H11NO.C2H4N4/c8-6-4-2-1-3-5-7-6;3-6-2-1-4-5-6/h1-5H2,(H,7,8);1-2H,3H2. The summed E-state index contributed by atoms with van der Waals surface area (Å²) in [5, 5.41) is 9.58. The molecule has 0 radical (unpaired) electrons. The van der Waals surface area contributed by atoms with Crippen LogP contribution >= 0.6 is 0 Å². The van der Waals surface area contributed by atoms with Crippen LogP contribution in [0.4, 0.5) is 0 Å². The van der Waals surface area contributed by atoms with Crippen LogP contribution in [0, 0.1) is 0 Å². The molecule has 0 spiro atoms. The topological polar surface area (TPSA) is 85.8 Å². The predicted molar refractivity (Wildman–Crippen MR) is 51.7 cm³/mol. The van der Waals surface area contributed by atoms with Crippen LogP contribution < -0.4 is 11.2 Å². The van der Waals surface area contributed by atoms with Crippen LogP contribution in [0.25, 0.3) is 0 Å². The van der Waals surface area contributed by atoms with E-state index in [4.69, 9.17) is 5.84 Å². The maximum Gasteiger partial charge on any atom is 0.219 e. The number of carbonyl (C=O) groups is 1. The summed E-state index contributed by atoms with van der Waals surface area (Å²) in [6.07, 6.45) is 7.25. The Bertz CT molecular complexity index is 249. The van der Waals surface area contributed by atoms with Crippen molar-refractivity contribution in [2.24, 2.45) is 0 Å². The van der Waals surface area contributed by atoms with Crippen LogP contribution in [-0.2, 0) is 4.79 Å². The molecular formula is C8H15N5O. The van der Waals surface area contributed by atoms with Gasteiger partial charge in [0.15, 0.2) is 0 Å². The van der Waals surface area contributed by atoms with Crippen LogP contribution in [0.5, 0.6) is 0 Å². The Kier molecular flexibility index (Phi) is 4.46. The highest BCUT2D eigenvalue weighted by molar-refractivity contribution is 5.75. The van der Waals surface area contributed by atoms with E-state index in [9.17, 15) is 4.79 Å². The molecule has 3 N–H and O–H groups in total. The summed E-state index contributed by atoms with van der Waals surface area (Å²) in [7, 11) is 0. The molecule has 78 valence electrons. The summed E-state index contributed by atoms with van der Waals surface area (Å²) in [6, 6.07) is 0. The fraction of sp³-hybridized carbons (Fsp3) is 0.625. The van der Waals surface area contributed by atoms with E-state index in [0.29, 0.717) is 0 Å². The first-order chi connectivity index (χ1) is 6.79. The van der Waals surface area contributed by atoms with Crippen LogP contribution in [0.3, 0.4) is 0 Å². The summed E-state index contributed by atoms with van der Waals surface area (Å²) < 4.78 is 0. The van der Waals surface area contributed by atoms with Gasteiger partial charge in [-0.2, -0.15) is 4.79 Å². The number of hydrogen-bond acceptors (Lipinski definition) is 4. The Balaban J connectivity index is 0.000000146. The lowest BCUT2D eigenvalue weighted by atomic mass is 10.2. The van der Waals surface area contributed by atoms with Gasteiger partial charge in [0, 0.05) is 13.0 Å². The lowest BCUT2D eigenvalue weighted by Gasteiger charge is -1.93. The van der Waals surface area contributed by atoms with Gasteiger partial charge in [0.2, 0.25) is 5.91 Å². The fourth-order valence-electron chi connectivity index (χ4n) is 1.12. The van der Waals surface area contributed by atoms with E-state index < -0.39 is 0 Å². The van der Waals surface area contributed by atoms with Gasteiger partial charge < -0.3 is 11.2 Å². The van der Waals surface area contributed by atoms with Crippen LogP contribution in [0.15, 0.2) is 12.4 Å². The van der Waals surface area contributed by atoms with Crippen molar-refractivity contribution in [3.8, 4) is 0 Å². The Morgan fingerprint density at radius 3 is 2.86 bits per heavy atom. The molecule has 1 saturated heterocycles. The third-order valence-electron chi connectivity index (χ3n) is 1.84. The minimum atomic E-state index is 0.225. The lowest BCUT2D eigenvalue weighted by molar-refractivity contribution is -0.120. The van der Waals surface area contributed by atoms with Crippen molar-refractivity contribution in [1.82, 2.24) is 20.4 Å². The molecule has 1 fully saturated rings. The number of nitrogens with zero attached hydrogens (tertiary/aromatic N) is 3. The van der Waals surface area contributed by atoms with Gasteiger partial charge in [-0.15, -0.1) is 5.10 Å². The number of aromatic nitrogens is 3. The zero-order valence-electron chi connectivity index (χ0n) is 8.02. The third-order valence-corrected chi connectivity index (χ3v) is 1.84. The smallest absolute Gasteiger partial charge is 0.219 e. The Labute approximate surface area is 82.4 Å². The zero-order valence-corrected chi connectivity index (χ0v) is 8.02. The largest absolute Gasteiger partial charge is 0.356 e. The van der Waals surface area contributed by atoms with E-state index in [1.165, 1.54) is 12.6 Å². The van der Waals surface area contributed by atoms with Crippen molar-refractivity contribution in [3.05, 3.63) is 12.4 Å². The molecular weight excluding hydrogens is 182 g/mol. The first-order valence-electron chi connectivity index (χ1n) is 4.67. The average molecular weight is 197 g/mol. The Morgan fingerprint density at radius 2 is 2.29 bits per heavy atom. The van der Waals surface area contributed by atoms with Gasteiger partial charge in [0.1, 0.15) is 0 Å². The minimum absolute atomic E-state index is 0.225. The molecule has 14 heavy (non-hydrogen) atoms. The van der Waals surface area contributed by atoms with Gasteiger partial charge >= 0.3 is 0 Å². The van der Waals surface area contributed by atoms with Crippen molar-refractivity contribution >= 4 is 5.91 Å². The number of amides is 1. The number of nitrogens with two attached hydrogens (primary N) is 1. The monoisotopic (exact) mass is 197 g/mol. The van der Waals surface area contributed by atoms with E-state index in [2.05, 4.69) is 15.6 Å². The van der Waals surface area contributed by atoms with Gasteiger partial charge in [-0.25, -0.2) is 0 Å². The fourth-order valence-corrected chi connectivity index (χ4v) is 1.12. The molecule has 0 aliphatic carbocycles. The summed E-state index contributed by atoms with van der Waals surface area (Å²) in [5.74, 6) is 5.25. The van der Waals surface area contributed by atoms with Gasteiger partial charge in [-0.1, -0.05) is 6.42 Å². The highest BCUT2D eigenvalue weighted by Crippen LogP contribution is 2.02. The molecule has 1 aliphatic heterocycles. The maximum atomic E-state index is 10.6. The van der Waals surface area contributed by atoms with Crippen LogP contribution in [-0.4, -0.2) is 27.6 Å². The van der Waals surface area contributed by atoms with Crippen molar-refractivity contribution < 1.29 is 4.79 Å². The molecule has 2 rings (SSSR count). The third kappa shape index (κ3) is 4.44. The molecule has 0 unspecified atom stereocenters. The van der Waals surface area contributed by atoms with E-state index in [1.807, 2.05) is 0 Å². The summed E-state index contributed by atoms with van der Waals surface area (Å²) in [5.41, 5.74) is 0. The molecule has 6 heteroatoms. The molecule has 0 aromatic carbocycles. The second-order valence-electron chi connectivity index (χ2n) is 3.04. The molecule has 2 heterocycles. The van der Waals surface area contributed by atoms with Crippen LogP contribution in [0.1, 0.15) is 25.7 Å². The molecule has 0 saturated carbocycles. The maximum absolute atomic E-state index is 10.6. The average Bonchev–Trinajstić information content (AvgIpc) is 2.51. The summed E-state index contributed by atoms with van der Waals surface area (Å²) >= 11 is 0. The van der Waals surface area contributed by atoms with Crippen molar-refractivity contribution in [2.45, 2.75) is 25.7 Å². The predicted octanol–water partition coefficient (Wildman–Crippen LogP) is -0.332. The number of nitrogen functional groups attached to an aromatic ring is 1. The molecule has 0 bridgehead atoms. The van der Waals surface area contributed by atoms with E-state index in [1.54, 1.807) is 6.20 Å². The van der Waals surface area contributed by atoms with Gasteiger partial charge in [0.25, 0.3) is 0 Å². The van der Waals surface area contributed by atoms with E-state index >= 15 is 0 Å². The second kappa shape index (κ2) is 5.95. The highest BCUT2D eigenvalue weighted by atomic mass is 16.1. The number of hydrogen-bond donors (Lipinski definition) is 2. The summed E-state index contributed by atoms with van der Waals surface area (Å²) in [6.45, 7) is 0.888. The first kappa shape index (κ1) is 10.5. The van der Waals surface area contributed by atoms with E-state index in [-0.39, 0.29) is 5.91 Å². The Morgan fingerprint density at radius 1 is 1.43 bits per heavy atom. The molecule has 0 atom stereocenters. The van der Waals surface area contributed by atoms with Gasteiger partial charge in [-0.3, -0.25) is 4.79 Å². The second-order valence-corrected chi connectivity index (χ2v) is 3.04.